The van der Waals surface area contributed by atoms with Gasteiger partial charge in [0.1, 0.15) is 12.2 Å². The highest BCUT2D eigenvalue weighted by Gasteiger charge is 2.30. The average molecular weight is 415 g/mol. The van der Waals surface area contributed by atoms with Crippen LogP contribution in [-0.2, 0) is 14.3 Å². The predicted molar refractivity (Wildman–Crippen MR) is 122 cm³/mol. The Labute approximate surface area is 181 Å². The zero-order chi connectivity index (χ0) is 21.4. The van der Waals surface area contributed by atoms with Crippen LogP contribution in [0.3, 0.4) is 0 Å². The molecular weight excluding hydrogens is 376 g/mol. The fraction of sp³-hybridized carbons (Fsp3) is 0.600. The smallest absolute Gasteiger partial charge is 0.346 e. The highest BCUT2D eigenvalue weighted by Crippen LogP contribution is 2.17. The maximum absolute atomic E-state index is 12.5. The molecule has 0 bridgehead atoms. The van der Waals surface area contributed by atoms with Crippen LogP contribution in [0.15, 0.2) is 41.6 Å². The van der Waals surface area contributed by atoms with Crippen molar-refractivity contribution in [2.24, 2.45) is 0 Å². The molecule has 0 radical (unpaired) electrons. The molecule has 2 rings (SSSR count). The Morgan fingerprint density at radius 2 is 1.43 bits per heavy atom. The van der Waals surface area contributed by atoms with Crippen molar-refractivity contribution in [2.75, 3.05) is 18.5 Å². The summed E-state index contributed by atoms with van der Waals surface area (Å²) in [6, 6.07) is 9.13. The Kier molecular flexibility index (Phi) is 11.7. The lowest BCUT2D eigenvalue weighted by Crippen LogP contribution is -2.23. The summed E-state index contributed by atoms with van der Waals surface area (Å²) in [4.78, 5) is 24.4. The maximum Gasteiger partial charge on any atom is 0.346 e. The summed E-state index contributed by atoms with van der Waals surface area (Å²) in [6.07, 6.45) is 15.7. The van der Waals surface area contributed by atoms with E-state index in [-0.39, 0.29) is 12.2 Å². The van der Waals surface area contributed by atoms with Crippen LogP contribution in [0.2, 0.25) is 0 Å². The molecule has 1 amide bonds. The molecule has 0 spiro atoms. The summed E-state index contributed by atoms with van der Waals surface area (Å²) in [6.45, 7) is 3.16. The van der Waals surface area contributed by atoms with Crippen molar-refractivity contribution in [3.63, 3.8) is 0 Å². The van der Waals surface area contributed by atoms with Gasteiger partial charge in [-0.05, 0) is 18.6 Å². The molecule has 1 aromatic carbocycles. The van der Waals surface area contributed by atoms with E-state index in [4.69, 9.17) is 4.74 Å². The first-order chi connectivity index (χ1) is 14.7. The molecule has 0 aromatic heterocycles. The number of unbranched alkanes of at least 4 members (excludes halogenated alkanes) is 11. The first-order valence-corrected chi connectivity index (χ1v) is 11.7. The number of carbonyl (C=O) groups excluding carboxylic acids is 2. The molecule has 0 saturated carbocycles. The van der Waals surface area contributed by atoms with Gasteiger partial charge in [-0.2, -0.15) is 0 Å². The summed E-state index contributed by atoms with van der Waals surface area (Å²) in [5.41, 5.74) is 1.35. The zero-order valence-corrected chi connectivity index (χ0v) is 18.5. The largest absolute Gasteiger partial charge is 0.455 e. The molecule has 2 N–H and O–H groups in total. The third-order valence-electron chi connectivity index (χ3n) is 5.48. The zero-order valence-electron chi connectivity index (χ0n) is 18.5. The van der Waals surface area contributed by atoms with Gasteiger partial charge >= 0.3 is 5.97 Å². The van der Waals surface area contributed by atoms with Crippen molar-refractivity contribution in [1.82, 2.24) is 5.32 Å². The van der Waals surface area contributed by atoms with Gasteiger partial charge in [-0.1, -0.05) is 95.8 Å². The molecular formula is C25H38N2O3. The maximum atomic E-state index is 12.5. The van der Waals surface area contributed by atoms with Crippen LogP contribution >= 0.6 is 0 Å². The van der Waals surface area contributed by atoms with Crippen LogP contribution in [0.4, 0.5) is 5.69 Å². The number of carbonyl (C=O) groups is 2. The standard InChI is InChI=1S/C25H38N2O3/c1-2-3-4-5-6-7-8-9-10-11-12-16-19-26-22-20-30-25(29)23(22)24(28)27-21-17-14-13-15-18-21/h13-15,17-18,26H,2-12,16,19-20H2,1H3,(H,27,28). The lowest BCUT2D eigenvalue weighted by Gasteiger charge is -2.08. The Bertz CT molecular complexity index is 670. The number of amides is 1. The third kappa shape index (κ3) is 9.02. The van der Waals surface area contributed by atoms with Crippen LogP contribution in [0.1, 0.15) is 84.0 Å². The van der Waals surface area contributed by atoms with Gasteiger partial charge in [0.2, 0.25) is 0 Å². The predicted octanol–water partition coefficient (Wildman–Crippen LogP) is 5.73. The normalized spacial score (nSPS) is 13.4. The highest BCUT2D eigenvalue weighted by molar-refractivity contribution is 6.22. The number of anilines is 1. The van der Waals surface area contributed by atoms with Crippen molar-refractivity contribution >= 4 is 17.6 Å². The number of cyclic esters (lactones) is 1. The number of esters is 1. The molecule has 0 saturated heterocycles. The van der Waals surface area contributed by atoms with Crippen LogP contribution in [0.25, 0.3) is 0 Å². The molecule has 1 aliphatic heterocycles. The summed E-state index contributed by atoms with van der Waals surface area (Å²) in [7, 11) is 0. The second-order valence-corrected chi connectivity index (χ2v) is 8.07. The number of para-hydroxylation sites is 1. The Morgan fingerprint density at radius 1 is 0.867 bits per heavy atom. The molecule has 0 unspecified atom stereocenters. The third-order valence-corrected chi connectivity index (χ3v) is 5.48. The van der Waals surface area contributed by atoms with E-state index in [9.17, 15) is 9.59 Å². The van der Waals surface area contributed by atoms with E-state index < -0.39 is 11.9 Å². The molecule has 1 aliphatic rings. The van der Waals surface area contributed by atoms with Gasteiger partial charge in [-0.15, -0.1) is 0 Å². The van der Waals surface area contributed by atoms with E-state index in [1.165, 1.54) is 64.2 Å². The molecule has 0 atom stereocenters. The van der Waals surface area contributed by atoms with Gasteiger partial charge in [0.05, 0.1) is 5.70 Å². The number of nitrogens with one attached hydrogen (secondary N) is 2. The first-order valence-electron chi connectivity index (χ1n) is 11.7. The topological polar surface area (TPSA) is 67.4 Å². The minimum Gasteiger partial charge on any atom is -0.455 e. The molecule has 0 aliphatic carbocycles. The lowest BCUT2D eigenvalue weighted by atomic mass is 10.1. The molecule has 0 fully saturated rings. The van der Waals surface area contributed by atoms with Gasteiger partial charge < -0.3 is 15.4 Å². The molecule has 5 heteroatoms. The van der Waals surface area contributed by atoms with E-state index >= 15 is 0 Å². The van der Waals surface area contributed by atoms with Gasteiger partial charge in [0, 0.05) is 12.2 Å². The number of hydrogen-bond donors (Lipinski definition) is 2. The SMILES string of the molecule is CCCCCCCCCCCCCCNC1=C(C(=O)Nc2ccccc2)C(=O)OC1. The summed E-state index contributed by atoms with van der Waals surface area (Å²) in [5, 5.41) is 5.99. The molecule has 5 nitrogen and oxygen atoms in total. The van der Waals surface area contributed by atoms with E-state index in [0.717, 1.165) is 19.4 Å². The quantitative estimate of drug-likeness (QED) is 0.206. The number of benzene rings is 1. The van der Waals surface area contributed by atoms with Gasteiger partial charge in [0.25, 0.3) is 5.91 Å². The fourth-order valence-electron chi connectivity index (χ4n) is 3.69. The average Bonchev–Trinajstić information content (AvgIpc) is 3.12. The van der Waals surface area contributed by atoms with Crippen molar-refractivity contribution in [1.29, 1.82) is 0 Å². The second kappa shape index (κ2) is 14.6. The molecule has 1 heterocycles. The summed E-state index contributed by atoms with van der Waals surface area (Å²) < 4.78 is 5.06. The minimum absolute atomic E-state index is 0.0952. The van der Waals surface area contributed by atoms with Crippen molar-refractivity contribution in [3.8, 4) is 0 Å². The number of hydrogen-bond acceptors (Lipinski definition) is 4. The van der Waals surface area contributed by atoms with Gasteiger partial charge in [0.15, 0.2) is 0 Å². The van der Waals surface area contributed by atoms with Crippen molar-refractivity contribution in [2.45, 2.75) is 84.0 Å². The van der Waals surface area contributed by atoms with Crippen molar-refractivity contribution in [3.05, 3.63) is 41.6 Å². The van der Waals surface area contributed by atoms with E-state index in [1.807, 2.05) is 18.2 Å². The van der Waals surface area contributed by atoms with Crippen molar-refractivity contribution < 1.29 is 14.3 Å². The van der Waals surface area contributed by atoms with E-state index in [2.05, 4.69) is 17.6 Å². The molecule has 30 heavy (non-hydrogen) atoms. The number of ether oxygens (including phenoxy) is 1. The van der Waals surface area contributed by atoms with E-state index in [0.29, 0.717) is 11.4 Å². The Balaban J connectivity index is 1.57. The fourth-order valence-corrected chi connectivity index (χ4v) is 3.69. The lowest BCUT2D eigenvalue weighted by molar-refractivity contribution is -0.137. The monoisotopic (exact) mass is 414 g/mol. The minimum atomic E-state index is -0.555. The molecule has 166 valence electrons. The van der Waals surface area contributed by atoms with Crippen LogP contribution in [0.5, 0.6) is 0 Å². The van der Waals surface area contributed by atoms with Gasteiger partial charge in [-0.3, -0.25) is 4.79 Å². The first kappa shape index (κ1) is 24.0. The van der Waals surface area contributed by atoms with Gasteiger partial charge in [-0.25, -0.2) is 4.79 Å². The second-order valence-electron chi connectivity index (χ2n) is 8.07. The van der Waals surface area contributed by atoms with Crippen LogP contribution < -0.4 is 10.6 Å². The summed E-state index contributed by atoms with van der Waals surface area (Å²) in [5.74, 6) is -0.971. The Hall–Kier alpha value is -2.30. The van der Waals surface area contributed by atoms with Crippen LogP contribution in [0, 0.1) is 0 Å². The molecule has 1 aromatic rings. The number of rotatable bonds is 16. The highest BCUT2D eigenvalue weighted by atomic mass is 16.5. The summed E-state index contributed by atoms with van der Waals surface area (Å²) >= 11 is 0. The van der Waals surface area contributed by atoms with Crippen LogP contribution in [-0.4, -0.2) is 25.0 Å². The van der Waals surface area contributed by atoms with E-state index in [1.54, 1.807) is 12.1 Å². The Morgan fingerprint density at radius 3 is 2.03 bits per heavy atom.